The Kier molecular flexibility index (Phi) is 3.09. The highest BCUT2D eigenvalue weighted by Gasteiger charge is 2.03. The van der Waals surface area contributed by atoms with E-state index < -0.39 is 6.09 Å². The molecule has 0 aliphatic heterocycles. The second-order valence-corrected chi connectivity index (χ2v) is 2.52. The SMILES string of the molecule is C=CCc1ccccc1OC(N)=O. The van der Waals surface area contributed by atoms with Crippen molar-refractivity contribution in [3.63, 3.8) is 0 Å². The topological polar surface area (TPSA) is 52.3 Å². The molecule has 0 fully saturated rings. The molecule has 0 saturated carbocycles. The van der Waals surface area contributed by atoms with Crippen LogP contribution in [0.3, 0.4) is 0 Å². The molecule has 0 radical (unpaired) electrons. The van der Waals surface area contributed by atoms with Gasteiger partial charge in [-0.05, 0) is 18.1 Å². The Bertz CT molecular complexity index is 320. The lowest BCUT2D eigenvalue weighted by molar-refractivity contribution is 0.210. The number of amides is 1. The van der Waals surface area contributed by atoms with Crippen molar-refractivity contribution >= 4 is 6.09 Å². The summed E-state index contributed by atoms with van der Waals surface area (Å²) in [4.78, 5) is 10.5. The molecule has 3 heteroatoms. The van der Waals surface area contributed by atoms with E-state index in [1.54, 1.807) is 18.2 Å². The van der Waals surface area contributed by atoms with Crippen LogP contribution in [0, 0.1) is 0 Å². The van der Waals surface area contributed by atoms with Gasteiger partial charge < -0.3 is 10.5 Å². The number of hydrogen-bond donors (Lipinski definition) is 1. The number of carbonyl (C=O) groups is 1. The number of ether oxygens (including phenoxy) is 1. The number of allylic oxidation sites excluding steroid dienone is 1. The van der Waals surface area contributed by atoms with Gasteiger partial charge in [-0.25, -0.2) is 4.79 Å². The minimum Gasteiger partial charge on any atom is -0.410 e. The first kappa shape index (κ1) is 9.32. The number of carbonyl (C=O) groups excluding carboxylic acids is 1. The van der Waals surface area contributed by atoms with Gasteiger partial charge in [0.2, 0.25) is 0 Å². The Hall–Kier alpha value is -1.77. The maximum atomic E-state index is 10.5. The smallest absolute Gasteiger partial charge is 0.409 e. The summed E-state index contributed by atoms with van der Waals surface area (Å²) in [6.45, 7) is 3.60. The molecule has 0 heterocycles. The Labute approximate surface area is 76.8 Å². The molecular formula is C10H11NO2. The lowest BCUT2D eigenvalue weighted by Gasteiger charge is -2.05. The third kappa shape index (κ3) is 2.63. The molecule has 3 nitrogen and oxygen atoms in total. The van der Waals surface area contributed by atoms with E-state index in [1.165, 1.54) is 0 Å². The lowest BCUT2D eigenvalue weighted by Crippen LogP contribution is -2.16. The van der Waals surface area contributed by atoms with Crippen LogP contribution in [0.25, 0.3) is 0 Å². The minimum atomic E-state index is -0.795. The monoisotopic (exact) mass is 177 g/mol. The van der Waals surface area contributed by atoms with E-state index in [4.69, 9.17) is 10.5 Å². The molecule has 1 amide bonds. The fourth-order valence-corrected chi connectivity index (χ4v) is 1.04. The third-order valence-electron chi connectivity index (χ3n) is 1.55. The molecule has 2 N–H and O–H groups in total. The van der Waals surface area contributed by atoms with Crippen molar-refractivity contribution < 1.29 is 9.53 Å². The molecule has 1 rings (SSSR count). The second kappa shape index (κ2) is 4.30. The first-order chi connectivity index (χ1) is 6.24. The molecule has 0 bridgehead atoms. The van der Waals surface area contributed by atoms with Gasteiger partial charge in [0.05, 0.1) is 0 Å². The number of hydrogen-bond acceptors (Lipinski definition) is 2. The van der Waals surface area contributed by atoms with Gasteiger partial charge in [-0.1, -0.05) is 24.3 Å². The Morgan fingerprint density at radius 3 is 2.85 bits per heavy atom. The van der Waals surface area contributed by atoms with E-state index in [1.807, 2.05) is 12.1 Å². The molecule has 0 aliphatic carbocycles. The van der Waals surface area contributed by atoms with Gasteiger partial charge in [-0.3, -0.25) is 0 Å². The largest absolute Gasteiger partial charge is 0.410 e. The van der Waals surface area contributed by atoms with Crippen LogP contribution in [-0.2, 0) is 6.42 Å². The van der Waals surface area contributed by atoms with E-state index in [2.05, 4.69) is 6.58 Å². The highest BCUT2D eigenvalue weighted by atomic mass is 16.5. The number of primary amides is 1. The van der Waals surface area contributed by atoms with Crippen LogP contribution in [0.15, 0.2) is 36.9 Å². The number of para-hydroxylation sites is 1. The summed E-state index contributed by atoms with van der Waals surface area (Å²) in [6, 6.07) is 7.21. The molecule has 1 aromatic carbocycles. The van der Waals surface area contributed by atoms with Crippen molar-refractivity contribution in [2.24, 2.45) is 5.73 Å². The van der Waals surface area contributed by atoms with Crippen molar-refractivity contribution in [1.82, 2.24) is 0 Å². The lowest BCUT2D eigenvalue weighted by atomic mass is 10.1. The summed E-state index contributed by atoms with van der Waals surface area (Å²) in [5, 5.41) is 0. The van der Waals surface area contributed by atoms with Crippen LogP contribution in [0.4, 0.5) is 4.79 Å². The fourth-order valence-electron chi connectivity index (χ4n) is 1.04. The Balaban J connectivity index is 2.90. The molecule has 0 unspecified atom stereocenters. The second-order valence-electron chi connectivity index (χ2n) is 2.52. The van der Waals surface area contributed by atoms with Crippen LogP contribution >= 0.6 is 0 Å². The van der Waals surface area contributed by atoms with Crippen molar-refractivity contribution in [2.45, 2.75) is 6.42 Å². The summed E-state index contributed by atoms with van der Waals surface area (Å²) < 4.78 is 4.79. The standard InChI is InChI=1S/C10H11NO2/c1-2-5-8-6-3-4-7-9(8)13-10(11)12/h2-4,6-7H,1,5H2,(H2,11,12). The van der Waals surface area contributed by atoms with E-state index in [9.17, 15) is 4.79 Å². The van der Waals surface area contributed by atoms with Gasteiger partial charge in [0.25, 0.3) is 0 Å². The molecule has 0 atom stereocenters. The summed E-state index contributed by atoms with van der Waals surface area (Å²) in [5.41, 5.74) is 5.80. The van der Waals surface area contributed by atoms with Gasteiger partial charge >= 0.3 is 6.09 Å². The average molecular weight is 177 g/mol. The maximum absolute atomic E-state index is 10.5. The Morgan fingerprint density at radius 2 is 2.23 bits per heavy atom. The minimum absolute atomic E-state index is 0.495. The van der Waals surface area contributed by atoms with Crippen LogP contribution < -0.4 is 10.5 Å². The van der Waals surface area contributed by atoms with Crippen molar-refractivity contribution in [2.75, 3.05) is 0 Å². The van der Waals surface area contributed by atoms with E-state index in [0.29, 0.717) is 12.2 Å². The predicted octanol–water partition coefficient (Wildman–Crippen LogP) is 1.87. The van der Waals surface area contributed by atoms with Gasteiger partial charge in [0.1, 0.15) is 5.75 Å². The summed E-state index contributed by atoms with van der Waals surface area (Å²) in [5.74, 6) is 0.495. The quantitative estimate of drug-likeness (QED) is 0.716. The Morgan fingerprint density at radius 1 is 1.54 bits per heavy atom. The zero-order valence-corrected chi connectivity index (χ0v) is 7.19. The molecule has 0 spiro atoms. The molecule has 0 aromatic heterocycles. The predicted molar refractivity (Wildman–Crippen MR) is 50.6 cm³/mol. The van der Waals surface area contributed by atoms with Crippen LogP contribution in [0.2, 0.25) is 0 Å². The van der Waals surface area contributed by atoms with E-state index in [0.717, 1.165) is 5.56 Å². The summed E-state index contributed by atoms with van der Waals surface area (Å²) >= 11 is 0. The molecule has 68 valence electrons. The van der Waals surface area contributed by atoms with Crippen molar-refractivity contribution in [3.8, 4) is 5.75 Å². The van der Waals surface area contributed by atoms with E-state index in [-0.39, 0.29) is 0 Å². The molecular weight excluding hydrogens is 166 g/mol. The highest BCUT2D eigenvalue weighted by molar-refractivity contribution is 5.68. The van der Waals surface area contributed by atoms with Gasteiger partial charge in [-0.15, -0.1) is 6.58 Å². The molecule has 1 aromatic rings. The third-order valence-corrected chi connectivity index (χ3v) is 1.55. The average Bonchev–Trinajstić information content (AvgIpc) is 2.08. The fraction of sp³-hybridized carbons (Fsp3) is 0.100. The van der Waals surface area contributed by atoms with Gasteiger partial charge in [-0.2, -0.15) is 0 Å². The molecule has 13 heavy (non-hydrogen) atoms. The van der Waals surface area contributed by atoms with E-state index >= 15 is 0 Å². The first-order valence-corrected chi connectivity index (χ1v) is 3.90. The first-order valence-electron chi connectivity index (χ1n) is 3.90. The van der Waals surface area contributed by atoms with Crippen LogP contribution in [0.5, 0.6) is 5.75 Å². The highest BCUT2D eigenvalue weighted by Crippen LogP contribution is 2.18. The molecule has 0 aliphatic rings. The van der Waals surface area contributed by atoms with Crippen LogP contribution in [0.1, 0.15) is 5.56 Å². The normalized spacial score (nSPS) is 9.23. The maximum Gasteiger partial charge on any atom is 0.409 e. The van der Waals surface area contributed by atoms with Gasteiger partial charge in [0.15, 0.2) is 0 Å². The summed E-state index contributed by atoms with van der Waals surface area (Å²) in [6.07, 6.45) is 1.60. The molecule has 0 saturated heterocycles. The van der Waals surface area contributed by atoms with Crippen molar-refractivity contribution in [3.05, 3.63) is 42.5 Å². The zero-order valence-electron chi connectivity index (χ0n) is 7.19. The summed E-state index contributed by atoms with van der Waals surface area (Å²) in [7, 11) is 0. The number of nitrogens with two attached hydrogens (primary N) is 1. The van der Waals surface area contributed by atoms with Crippen molar-refractivity contribution in [1.29, 1.82) is 0 Å². The number of benzene rings is 1. The number of rotatable bonds is 3. The van der Waals surface area contributed by atoms with Crippen LogP contribution in [-0.4, -0.2) is 6.09 Å². The zero-order chi connectivity index (χ0) is 9.68. The van der Waals surface area contributed by atoms with Gasteiger partial charge in [0, 0.05) is 0 Å².